The van der Waals surface area contributed by atoms with Crippen molar-refractivity contribution in [1.29, 1.82) is 0 Å². The van der Waals surface area contributed by atoms with Gasteiger partial charge in [0.25, 0.3) is 0 Å². The highest BCUT2D eigenvalue weighted by atomic mass is 16.5. The second-order valence-electron chi connectivity index (χ2n) is 7.15. The van der Waals surface area contributed by atoms with E-state index in [1.165, 1.54) is 0 Å². The number of hydrogen-bond donors (Lipinski definition) is 0. The van der Waals surface area contributed by atoms with Crippen molar-refractivity contribution in [2.45, 2.75) is 6.54 Å². The lowest BCUT2D eigenvalue weighted by atomic mass is 10.0. The van der Waals surface area contributed by atoms with E-state index in [4.69, 9.17) is 18.9 Å². The Hall–Kier alpha value is -4.00. The van der Waals surface area contributed by atoms with Gasteiger partial charge in [-0.2, -0.15) is 0 Å². The minimum atomic E-state index is -0.152. The Balaban J connectivity index is 1.49. The van der Waals surface area contributed by atoms with Crippen LogP contribution in [-0.2, 0) is 6.54 Å². The average Bonchev–Trinajstić information content (AvgIpc) is 3.14. The van der Waals surface area contributed by atoms with Gasteiger partial charge in [-0.05, 0) is 42.0 Å². The van der Waals surface area contributed by atoms with Crippen LogP contribution in [0.2, 0.25) is 0 Å². The maximum Gasteiger partial charge on any atom is 0.231 e. The molecule has 0 fully saturated rings. The number of ether oxygens (including phenoxy) is 4. The Kier molecular flexibility index (Phi) is 4.71. The highest BCUT2D eigenvalue weighted by Gasteiger charge is 2.34. The normalized spacial score (nSPS) is 15.7. The number of aromatic nitrogens is 1. The maximum atomic E-state index is 12.9. The first-order valence-corrected chi connectivity index (χ1v) is 9.78. The van der Waals surface area contributed by atoms with E-state index < -0.39 is 0 Å². The van der Waals surface area contributed by atoms with E-state index >= 15 is 0 Å². The number of methoxy groups -OCH3 is 2. The molecule has 5 rings (SSSR count). The third kappa shape index (κ3) is 3.34. The predicted molar refractivity (Wildman–Crippen MR) is 115 cm³/mol. The van der Waals surface area contributed by atoms with Crippen molar-refractivity contribution in [2.24, 2.45) is 0 Å². The summed E-state index contributed by atoms with van der Waals surface area (Å²) in [6.07, 6.45) is 5.07. The number of benzene rings is 2. The third-order valence-corrected chi connectivity index (χ3v) is 5.33. The largest absolute Gasteiger partial charge is 0.497 e. The van der Waals surface area contributed by atoms with Gasteiger partial charge in [-0.1, -0.05) is 6.07 Å². The number of ketones is 1. The second kappa shape index (κ2) is 7.68. The van der Waals surface area contributed by atoms with Gasteiger partial charge >= 0.3 is 0 Å². The van der Waals surface area contributed by atoms with Crippen LogP contribution in [0.3, 0.4) is 0 Å². The van der Waals surface area contributed by atoms with Crippen molar-refractivity contribution in [1.82, 2.24) is 4.98 Å². The smallest absolute Gasteiger partial charge is 0.231 e. The molecule has 0 saturated carbocycles. The van der Waals surface area contributed by atoms with Crippen molar-refractivity contribution < 1.29 is 23.7 Å². The Morgan fingerprint density at radius 2 is 2.03 bits per heavy atom. The number of anilines is 1. The van der Waals surface area contributed by atoms with E-state index in [-0.39, 0.29) is 11.5 Å². The first-order chi connectivity index (χ1) is 15.2. The zero-order valence-electron chi connectivity index (χ0n) is 17.1. The number of fused-ring (bicyclic) bond motifs is 3. The molecule has 2 aliphatic rings. The van der Waals surface area contributed by atoms with E-state index in [2.05, 4.69) is 4.98 Å². The van der Waals surface area contributed by atoms with Crippen molar-refractivity contribution in [3.8, 4) is 23.0 Å². The van der Waals surface area contributed by atoms with Gasteiger partial charge in [0.2, 0.25) is 5.78 Å². The molecule has 0 unspecified atom stereocenters. The van der Waals surface area contributed by atoms with E-state index in [1.54, 1.807) is 38.8 Å². The van der Waals surface area contributed by atoms with Crippen LogP contribution in [0.25, 0.3) is 6.08 Å². The zero-order valence-corrected chi connectivity index (χ0v) is 17.1. The number of rotatable bonds is 4. The lowest BCUT2D eigenvalue weighted by Crippen LogP contribution is -2.32. The summed E-state index contributed by atoms with van der Waals surface area (Å²) in [4.78, 5) is 19.0. The molecule has 7 nitrogen and oxygen atoms in total. The molecule has 3 aromatic rings. The molecule has 3 heterocycles. The minimum Gasteiger partial charge on any atom is -0.497 e. The molecule has 0 N–H and O–H groups in total. The number of allylic oxidation sites excluding steroid dienone is 1. The molecule has 0 spiro atoms. The fraction of sp³-hybridized carbons (Fsp3) is 0.167. The van der Waals surface area contributed by atoms with Crippen LogP contribution in [0.1, 0.15) is 21.5 Å². The van der Waals surface area contributed by atoms with Crippen LogP contribution in [0.4, 0.5) is 5.69 Å². The summed E-state index contributed by atoms with van der Waals surface area (Å²) < 4.78 is 22.8. The van der Waals surface area contributed by atoms with Crippen molar-refractivity contribution >= 4 is 17.5 Å². The highest BCUT2D eigenvalue weighted by molar-refractivity contribution is 6.15. The summed E-state index contributed by atoms with van der Waals surface area (Å²) in [6, 6.07) is 12.9. The monoisotopic (exact) mass is 416 g/mol. The summed E-state index contributed by atoms with van der Waals surface area (Å²) >= 11 is 0. The van der Waals surface area contributed by atoms with Crippen LogP contribution in [0, 0.1) is 0 Å². The van der Waals surface area contributed by atoms with Gasteiger partial charge in [0, 0.05) is 18.5 Å². The van der Waals surface area contributed by atoms with E-state index in [0.29, 0.717) is 41.8 Å². The van der Waals surface area contributed by atoms with E-state index in [0.717, 1.165) is 16.8 Å². The Morgan fingerprint density at radius 1 is 1.13 bits per heavy atom. The first kappa shape index (κ1) is 19.0. The molecule has 7 heteroatoms. The molecular weight excluding hydrogens is 396 g/mol. The van der Waals surface area contributed by atoms with Gasteiger partial charge < -0.3 is 23.8 Å². The maximum absolute atomic E-state index is 12.9. The Bertz CT molecular complexity index is 1190. The standard InChI is InChI=1S/C24H20N2O5/c1-28-16-5-7-19(21(11-16)29-2)26-13-18-20(30-14-26)8-6-17-23(27)22(31-24(17)18)10-15-4-3-9-25-12-15/h3-12H,13-14H2,1-2H3/b22-10-. The van der Waals surface area contributed by atoms with Gasteiger partial charge in [0.1, 0.15) is 23.0 Å². The predicted octanol–water partition coefficient (Wildman–Crippen LogP) is 4.07. The van der Waals surface area contributed by atoms with E-state index in [9.17, 15) is 4.79 Å². The zero-order chi connectivity index (χ0) is 21.4. The van der Waals surface area contributed by atoms with Crippen molar-refractivity contribution in [2.75, 3.05) is 25.9 Å². The molecule has 0 radical (unpaired) electrons. The van der Waals surface area contributed by atoms with Crippen LogP contribution in [-0.4, -0.2) is 31.7 Å². The Morgan fingerprint density at radius 3 is 2.81 bits per heavy atom. The van der Waals surface area contributed by atoms with Crippen LogP contribution < -0.4 is 23.8 Å². The number of carbonyl (C=O) groups is 1. The third-order valence-electron chi connectivity index (χ3n) is 5.33. The summed E-state index contributed by atoms with van der Waals surface area (Å²) in [6.45, 7) is 0.857. The second-order valence-corrected chi connectivity index (χ2v) is 7.15. The molecule has 156 valence electrons. The van der Waals surface area contributed by atoms with Gasteiger partial charge in [-0.15, -0.1) is 0 Å². The lowest BCUT2D eigenvalue weighted by Gasteiger charge is -2.32. The fourth-order valence-corrected chi connectivity index (χ4v) is 3.77. The minimum absolute atomic E-state index is 0.152. The SMILES string of the molecule is COc1ccc(N2COc3ccc4c(c3C2)O/C(=C\c2cccnc2)C4=O)c(OC)c1. The Labute approximate surface area is 179 Å². The number of Topliss-reactive ketones (excluding diaryl/α,β-unsaturated/α-hetero) is 1. The summed E-state index contributed by atoms with van der Waals surface area (Å²) in [5.41, 5.74) is 3.01. The lowest BCUT2D eigenvalue weighted by molar-refractivity contribution is 0.101. The quantitative estimate of drug-likeness (QED) is 0.594. The summed E-state index contributed by atoms with van der Waals surface area (Å²) in [5.74, 6) is 2.75. The van der Waals surface area contributed by atoms with E-state index in [1.807, 2.05) is 41.3 Å². The summed E-state index contributed by atoms with van der Waals surface area (Å²) in [7, 11) is 3.23. The molecule has 31 heavy (non-hydrogen) atoms. The molecule has 2 aliphatic heterocycles. The van der Waals surface area contributed by atoms with Crippen molar-refractivity contribution in [3.05, 3.63) is 77.3 Å². The topological polar surface area (TPSA) is 70.1 Å². The average molecular weight is 416 g/mol. The molecule has 0 amide bonds. The molecule has 0 aliphatic carbocycles. The van der Waals surface area contributed by atoms with Gasteiger partial charge in [-0.25, -0.2) is 0 Å². The molecule has 2 aromatic carbocycles. The number of carbonyl (C=O) groups excluding carboxylic acids is 1. The van der Waals surface area contributed by atoms with Gasteiger partial charge in [0.15, 0.2) is 12.5 Å². The first-order valence-electron chi connectivity index (χ1n) is 9.78. The van der Waals surface area contributed by atoms with Crippen molar-refractivity contribution in [3.63, 3.8) is 0 Å². The molecule has 0 saturated heterocycles. The number of pyridine rings is 1. The molecular formula is C24H20N2O5. The highest BCUT2D eigenvalue weighted by Crippen LogP contribution is 2.44. The number of nitrogens with zero attached hydrogens (tertiary/aromatic N) is 2. The fourth-order valence-electron chi connectivity index (χ4n) is 3.77. The van der Waals surface area contributed by atoms with Crippen LogP contribution in [0.15, 0.2) is 60.6 Å². The molecule has 0 atom stereocenters. The molecule has 0 bridgehead atoms. The molecule has 1 aromatic heterocycles. The van der Waals surface area contributed by atoms with Crippen LogP contribution in [0.5, 0.6) is 23.0 Å². The van der Waals surface area contributed by atoms with Gasteiger partial charge in [0.05, 0.1) is 37.6 Å². The summed E-state index contributed by atoms with van der Waals surface area (Å²) in [5, 5.41) is 0. The van der Waals surface area contributed by atoms with Crippen LogP contribution >= 0.6 is 0 Å². The van der Waals surface area contributed by atoms with Gasteiger partial charge in [-0.3, -0.25) is 9.78 Å². The number of hydrogen-bond acceptors (Lipinski definition) is 7.